The Hall–Kier alpha value is -2.05. The van der Waals surface area contributed by atoms with E-state index in [0.29, 0.717) is 11.5 Å². The summed E-state index contributed by atoms with van der Waals surface area (Å²) in [7, 11) is 3.20. The van der Waals surface area contributed by atoms with Crippen LogP contribution in [0.25, 0.3) is 6.08 Å². The number of nitrogens with zero attached hydrogens (tertiary/aromatic N) is 1. The van der Waals surface area contributed by atoms with Crippen LogP contribution in [-0.2, 0) is 9.53 Å². The minimum atomic E-state index is -0.120. The summed E-state index contributed by atoms with van der Waals surface area (Å²) in [6.07, 6.45) is 3.28. The molecule has 1 heterocycles. The Bertz CT molecular complexity index is 597. The lowest BCUT2D eigenvalue weighted by Gasteiger charge is -2.35. The zero-order valence-corrected chi connectivity index (χ0v) is 15.5. The van der Waals surface area contributed by atoms with Gasteiger partial charge in [-0.15, -0.1) is 0 Å². The highest BCUT2D eigenvalue weighted by atomic mass is 16.5. The van der Waals surface area contributed by atoms with Crippen molar-refractivity contribution in [1.82, 2.24) is 10.2 Å². The fraction of sp³-hybridized carbons (Fsp3) is 0.526. The van der Waals surface area contributed by atoms with E-state index >= 15 is 0 Å². The second-order valence-electron chi connectivity index (χ2n) is 6.13. The molecule has 1 N–H and O–H groups in total. The first-order chi connectivity index (χ1) is 12.0. The summed E-state index contributed by atoms with van der Waals surface area (Å²) in [6.45, 7) is 7.47. The van der Waals surface area contributed by atoms with Gasteiger partial charge in [-0.05, 0) is 32.1 Å². The monoisotopic (exact) mass is 348 g/mol. The van der Waals surface area contributed by atoms with Crippen LogP contribution in [0.3, 0.4) is 0 Å². The number of rotatable bonds is 7. The molecular weight excluding hydrogens is 320 g/mol. The third kappa shape index (κ3) is 5.47. The maximum atomic E-state index is 12.2. The molecule has 1 aliphatic rings. The van der Waals surface area contributed by atoms with Crippen molar-refractivity contribution in [2.45, 2.75) is 25.9 Å². The van der Waals surface area contributed by atoms with E-state index in [9.17, 15) is 4.79 Å². The molecule has 25 heavy (non-hydrogen) atoms. The van der Waals surface area contributed by atoms with Crippen LogP contribution in [0.1, 0.15) is 19.4 Å². The highest BCUT2D eigenvalue weighted by Gasteiger charge is 2.22. The summed E-state index contributed by atoms with van der Waals surface area (Å²) in [5.74, 6) is 1.26. The molecule has 2 unspecified atom stereocenters. The third-order valence-electron chi connectivity index (χ3n) is 4.57. The molecule has 0 aromatic heterocycles. The van der Waals surface area contributed by atoms with Crippen molar-refractivity contribution in [3.63, 3.8) is 0 Å². The Morgan fingerprint density at radius 3 is 2.60 bits per heavy atom. The molecule has 2 atom stereocenters. The lowest BCUT2D eigenvalue weighted by atomic mass is 10.1. The standard InChI is InChI=1S/C19H28N2O4/c1-14(15(2)21-9-11-25-12-10-21)20-19(22)8-6-16-5-7-17(23-3)13-18(16)24-4/h5-8,13-15H,9-12H2,1-4H3,(H,20,22). The third-order valence-corrected chi connectivity index (χ3v) is 4.57. The number of nitrogens with one attached hydrogen (secondary N) is 1. The number of methoxy groups -OCH3 is 2. The van der Waals surface area contributed by atoms with Crippen molar-refractivity contribution in [2.75, 3.05) is 40.5 Å². The Morgan fingerprint density at radius 2 is 1.96 bits per heavy atom. The second kappa shape index (κ2) is 9.44. The van der Waals surface area contributed by atoms with E-state index in [2.05, 4.69) is 17.1 Å². The van der Waals surface area contributed by atoms with E-state index in [1.54, 1.807) is 26.4 Å². The molecule has 1 aromatic rings. The van der Waals surface area contributed by atoms with E-state index < -0.39 is 0 Å². The number of ether oxygens (including phenoxy) is 3. The SMILES string of the molecule is COc1ccc(C=CC(=O)NC(C)C(C)N2CCOCC2)c(OC)c1. The summed E-state index contributed by atoms with van der Waals surface area (Å²) in [5.41, 5.74) is 0.826. The first kappa shape index (κ1) is 19.3. The van der Waals surface area contributed by atoms with E-state index in [-0.39, 0.29) is 18.0 Å². The Kier molecular flexibility index (Phi) is 7.28. The number of carbonyl (C=O) groups excluding carboxylic acids is 1. The van der Waals surface area contributed by atoms with Crippen molar-refractivity contribution >= 4 is 12.0 Å². The predicted octanol–water partition coefficient (Wildman–Crippen LogP) is 1.94. The second-order valence-corrected chi connectivity index (χ2v) is 6.13. The van der Waals surface area contributed by atoms with Gasteiger partial charge in [0.25, 0.3) is 0 Å². The van der Waals surface area contributed by atoms with Gasteiger partial charge in [0.15, 0.2) is 0 Å². The van der Waals surface area contributed by atoms with Crippen LogP contribution >= 0.6 is 0 Å². The molecular formula is C19H28N2O4. The van der Waals surface area contributed by atoms with Gasteiger partial charge < -0.3 is 19.5 Å². The summed E-state index contributed by atoms with van der Waals surface area (Å²) in [6, 6.07) is 5.80. The lowest BCUT2D eigenvalue weighted by molar-refractivity contribution is -0.117. The molecule has 138 valence electrons. The zero-order chi connectivity index (χ0) is 18.2. The number of benzene rings is 1. The van der Waals surface area contributed by atoms with Crippen molar-refractivity contribution in [2.24, 2.45) is 0 Å². The molecule has 1 amide bonds. The fourth-order valence-corrected chi connectivity index (χ4v) is 2.82. The van der Waals surface area contributed by atoms with E-state index in [1.165, 1.54) is 6.08 Å². The van der Waals surface area contributed by atoms with Gasteiger partial charge >= 0.3 is 0 Å². The van der Waals surface area contributed by atoms with Crippen LogP contribution in [0.15, 0.2) is 24.3 Å². The molecule has 0 spiro atoms. The number of amides is 1. The molecule has 1 aromatic carbocycles. The molecule has 0 saturated carbocycles. The predicted molar refractivity (Wildman–Crippen MR) is 98.0 cm³/mol. The van der Waals surface area contributed by atoms with E-state index in [4.69, 9.17) is 14.2 Å². The van der Waals surface area contributed by atoms with Crippen LogP contribution in [0.5, 0.6) is 11.5 Å². The molecule has 0 aliphatic carbocycles. The first-order valence-corrected chi connectivity index (χ1v) is 8.57. The number of hydrogen-bond donors (Lipinski definition) is 1. The van der Waals surface area contributed by atoms with Crippen molar-refractivity contribution < 1.29 is 19.0 Å². The summed E-state index contributed by atoms with van der Waals surface area (Å²) in [5, 5.41) is 3.03. The summed E-state index contributed by atoms with van der Waals surface area (Å²) >= 11 is 0. The van der Waals surface area contributed by atoms with Crippen LogP contribution in [0.2, 0.25) is 0 Å². The first-order valence-electron chi connectivity index (χ1n) is 8.57. The minimum absolute atomic E-state index is 0.0491. The van der Waals surface area contributed by atoms with Crippen molar-refractivity contribution in [3.8, 4) is 11.5 Å². The Labute approximate surface area is 149 Å². The molecule has 1 saturated heterocycles. The van der Waals surface area contributed by atoms with Gasteiger partial charge in [-0.25, -0.2) is 0 Å². The molecule has 0 bridgehead atoms. The topological polar surface area (TPSA) is 60.0 Å². The summed E-state index contributed by atoms with van der Waals surface area (Å²) < 4.78 is 15.9. The van der Waals surface area contributed by atoms with Gasteiger partial charge in [-0.3, -0.25) is 9.69 Å². The van der Waals surface area contributed by atoms with Gasteiger partial charge in [0, 0.05) is 42.9 Å². The van der Waals surface area contributed by atoms with Crippen molar-refractivity contribution in [3.05, 3.63) is 29.8 Å². The normalized spacial score (nSPS) is 17.9. The van der Waals surface area contributed by atoms with E-state index in [0.717, 1.165) is 31.9 Å². The minimum Gasteiger partial charge on any atom is -0.497 e. The number of hydrogen-bond acceptors (Lipinski definition) is 5. The fourth-order valence-electron chi connectivity index (χ4n) is 2.82. The Morgan fingerprint density at radius 1 is 1.24 bits per heavy atom. The maximum absolute atomic E-state index is 12.2. The smallest absolute Gasteiger partial charge is 0.244 e. The van der Waals surface area contributed by atoms with Crippen LogP contribution in [0.4, 0.5) is 0 Å². The quantitative estimate of drug-likeness (QED) is 0.763. The molecule has 1 fully saturated rings. The maximum Gasteiger partial charge on any atom is 0.244 e. The van der Waals surface area contributed by atoms with Crippen LogP contribution in [-0.4, -0.2) is 63.4 Å². The highest BCUT2D eigenvalue weighted by Crippen LogP contribution is 2.25. The molecule has 2 rings (SSSR count). The number of morpholine rings is 1. The van der Waals surface area contributed by atoms with E-state index in [1.807, 2.05) is 19.1 Å². The highest BCUT2D eigenvalue weighted by molar-refractivity contribution is 5.92. The zero-order valence-electron chi connectivity index (χ0n) is 15.5. The van der Waals surface area contributed by atoms with Gasteiger partial charge in [0.05, 0.1) is 27.4 Å². The van der Waals surface area contributed by atoms with Crippen LogP contribution in [0, 0.1) is 0 Å². The average Bonchev–Trinajstić information content (AvgIpc) is 2.66. The van der Waals surface area contributed by atoms with Gasteiger partial charge in [0.1, 0.15) is 11.5 Å². The van der Waals surface area contributed by atoms with Gasteiger partial charge in [-0.1, -0.05) is 0 Å². The number of carbonyl (C=O) groups is 1. The molecule has 1 aliphatic heterocycles. The van der Waals surface area contributed by atoms with Gasteiger partial charge in [0.2, 0.25) is 5.91 Å². The van der Waals surface area contributed by atoms with Gasteiger partial charge in [-0.2, -0.15) is 0 Å². The molecule has 0 radical (unpaired) electrons. The van der Waals surface area contributed by atoms with Crippen molar-refractivity contribution in [1.29, 1.82) is 0 Å². The molecule has 6 heteroatoms. The average molecular weight is 348 g/mol. The largest absolute Gasteiger partial charge is 0.497 e. The Balaban J connectivity index is 1.93. The summed E-state index contributed by atoms with van der Waals surface area (Å²) in [4.78, 5) is 14.6. The molecule has 6 nitrogen and oxygen atoms in total. The lowest BCUT2D eigenvalue weighted by Crippen LogP contribution is -2.51. The van der Waals surface area contributed by atoms with Crippen LogP contribution < -0.4 is 14.8 Å².